The SMILES string of the molecule is CSc1ncc(C=CC(N)=O)cn1. The fraction of sp³-hybridized carbons (Fsp3) is 0.125. The number of primary amides is 1. The van der Waals surface area contributed by atoms with Crippen molar-refractivity contribution in [3.05, 3.63) is 24.0 Å². The summed E-state index contributed by atoms with van der Waals surface area (Å²) in [5.74, 6) is -0.478. The van der Waals surface area contributed by atoms with Crippen LogP contribution < -0.4 is 5.73 Å². The highest BCUT2D eigenvalue weighted by atomic mass is 32.2. The summed E-state index contributed by atoms with van der Waals surface area (Å²) in [7, 11) is 0. The van der Waals surface area contributed by atoms with Crippen LogP contribution in [0.3, 0.4) is 0 Å². The topological polar surface area (TPSA) is 68.9 Å². The zero-order chi connectivity index (χ0) is 9.68. The highest BCUT2D eigenvalue weighted by Gasteiger charge is 1.92. The third-order valence-electron chi connectivity index (χ3n) is 1.27. The Bertz CT molecular complexity index is 321. The molecule has 1 amide bonds. The van der Waals surface area contributed by atoms with Crippen molar-refractivity contribution < 1.29 is 4.79 Å². The van der Waals surface area contributed by atoms with Crippen molar-refractivity contribution in [2.75, 3.05) is 6.26 Å². The van der Waals surface area contributed by atoms with Gasteiger partial charge in [-0.2, -0.15) is 0 Å². The van der Waals surface area contributed by atoms with Crippen LogP contribution in [0.25, 0.3) is 6.08 Å². The number of carbonyl (C=O) groups is 1. The maximum Gasteiger partial charge on any atom is 0.241 e. The van der Waals surface area contributed by atoms with Gasteiger partial charge in [-0.15, -0.1) is 0 Å². The van der Waals surface area contributed by atoms with E-state index in [9.17, 15) is 4.79 Å². The number of hydrogen-bond acceptors (Lipinski definition) is 4. The monoisotopic (exact) mass is 195 g/mol. The molecule has 0 spiro atoms. The first kappa shape index (κ1) is 9.73. The molecule has 13 heavy (non-hydrogen) atoms. The summed E-state index contributed by atoms with van der Waals surface area (Å²) in [5, 5.41) is 0.705. The molecule has 0 saturated carbocycles. The minimum absolute atomic E-state index is 0.478. The fourth-order valence-electron chi connectivity index (χ4n) is 0.696. The van der Waals surface area contributed by atoms with E-state index < -0.39 is 5.91 Å². The highest BCUT2D eigenvalue weighted by Crippen LogP contribution is 2.07. The number of nitrogens with zero attached hydrogens (tertiary/aromatic N) is 2. The maximum absolute atomic E-state index is 10.4. The second kappa shape index (κ2) is 4.61. The predicted octanol–water partition coefficient (Wildman–Crippen LogP) is 0.697. The van der Waals surface area contributed by atoms with E-state index in [0.717, 1.165) is 5.56 Å². The third-order valence-corrected chi connectivity index (χ3v) is 1.85. The lowest BCUT2D eigenvalue weighted by atomic mass is 10.3. The maximum atomic E-state index is 10.4. The van der Waals surface area contributed by atoms with Crippen molar-refractivity contribution in [3.8, 4) is 0 Å². The van der Waals surface area contributed by atoms with Crippen LogP contribution in [-0.4, -0.2) is 22.1 Å². The Morgan fingerprint density at radius 1 is 1.54 bits per heavy atom. The van der Waals surface area contributed by atoms with Gasteiger partial charge in [0.15, 0.2) is 5.16 Å². The Labute approximate surface area is 80.3 Å². The minimum atomic E-state index is -0.478. The lowest BCUT2D eigenvalue weighted by Crippen LogP contribution is -2.05. The number of hydrogen-bond donors (Lipinski definition) is 1. The number of amides is 1. The smallest absolute Gasteiger partial charge is 0.241 e. The first-order valence-corrected chi connectivity index (χ1v) is 4.78. The largest absolute Gasteiger partial charge is 0.366 e. The normalized spacial score (nSPS) is 10.5. The minimum Gasteiger partial charge on any atom is -0.366 e. The Kier molecular flexibility index (Phi) is 3.45. The van der Waals surface area contributed by atoms with Crippen LogP contribution in [0.2, 0.25) is 0 Å². The van der Waals surface area contributed by atoms with E-state index in [4.69, 9.17) is 5.73 Å². The van der Waals surface area contributed by atoms with Crippen molar-refractivity contribution >= 4 is 23.7 Å². The van der Waals surface area contributed by atoms with Gasteiger partial charge in [0.05, 0.1) is 0 Å². The second-order valence-electron chi connectivity index (χ2n) is 2.24. The molecule has 1 rings (SSSR count). The first-order valence-electron chi connectivity index (χ1n) is 3.56. The molecule has 0 unspecified atom stereocenters. The highest BCUT2D eigenvalue weighted by molar-refractivity contribution is 7.98. The zero-order valence-electron chi connectivity index (χ0n) is 7.10. The van der Waals surface area contributed by atoms with E-state index in [1.54, 1.807) is 18.5 Å². The van der Waals surface area contributed by atoms with E-state index in [1.165, 1.54) is 17.8 Å². The average molecular weight is 195 g/mol. The van der Waals surface area contributed by atoms with Crippen molar-refractivity contribution in [3.63, 3.8) is 0 Å². The number of aromatic nitrogens is 2. The summed E-state index contributed by atoms with van der Waals surface area (Å²) in [6.45, 7) is 0. The Morgan fingerprint density at radius 3 is 2.62 bits per heavy atom. The van der Waals surface area contributed by atoms with Gasteiger partial charge in [-0.05, 0) is 12.3 Å². The summed E-state index contributed by atoms with van der Waals surface area (Å²) in [6.07, 6.45) is 8.02. The number of nitrogens with two attached hydrogens (primary N) is 1. The summed E-state index contributed by atoms with van der Waals surface area (Å²) >= 11 is 1.46. The summed E-state index contributed by atoms with van der Waals surface area (Å²) in [4.78, 5) is 18.4. The molecule has 1 aromatic heterocycles. The molecule has 0 fully saturated rings. The summed E-state index contributed by atoms with van der Waals surface area (Å²) in [5.41, 5.74) is 5.69. The van der Waals surface area contributed by atoms with Crippen molar-refractivity contribution in [1.82, 2.24) is 9.97 Å². The molecule has 68 valence electrons. The van der Waals surface area contributed by atoms with Crippen LogP contribution in [0.5, 0.6) is 0 Å². The molecular formula is C8H9N3OS. The van der Waals surface area contributed by atoms with Gasteiger partial charge in [-0.1, -0.05) is 11.8 Å². The van der Waals surface area contributed by atoms with E-state index >= 15 is 0 Å². The second-order valence-corrected chi connectivity index (χ2v) is 3.01. The molecule has 0 aliphatic rings. The van der Waals surface area contributed by atoms with E-state index in [0.29, 0.717) is 5.16 Å². The van der Waals surface area contributed by atoms with Gasteiger partial charge in [-0.25, -0.2) is 9.97 Å². The zero-order valence-corrected chi connectivity index (χ0v) is 7.91. The van der Waals surface area contributed by atoms with Crippen LogP contribution in [0.1, 0.15) is 5.56 Å². The molecular weight excluding hydrogens is 186 g/mol. The molecule has 2 N–H and O–H groups in total. The molecule has 0 bridgehead atoms. The summed E-state index contributed by atoms with van der Waals surface area (Å²) < 4.78 is 0. The van der Waals surface area contributed by atoms with Gasteiger partial charge < -0.3 is 5.73 Å². The van der Waals surface area contributed by atoms with E-state index in [2.05, 4.69) is 9.97 Å². The number of thioether (sulfide) groups is 1. The fourth-order valence-corrected chi connectivity index (χ4v) is 1.01. The molecule has 1 heterocycles. The molecule has 1 aromatic rings. The molecule has 0 aromatic carbocycles. The Hall–Kier alpha value is -1.36. The molecule has 0 radical (unpaired) electrons. The van der Waals surface area contributed by atoms with Crippen LogP contribution >= 0.6 is 11.8 Å². The van der Waals surface area contributed by atoms with Crippen LogP contribution in [0.4, 0.5) is 0 Å². The van der Waals surface area contributed by atoms with Gasteiger partial charge in [0.1, 0.15) is 0 Å². The summed E-state index contributed by atoms with van der Waals surface area (Å²) in [6, 6.07) is 0. The van der Waals surface area contributed by atoms with Gasteiger partial charge >= 0.3 is 0 Å². The molecule has 5 heteroatoms. The quantitative estimate of drug-likeness (QED) is 0.438. The lowest BCUT2D eigenvalue weighted by Gasteiger charge is -1.93. The standard InChI is InChI=1S/C8H9N3OS/c1-13-8-10-4-6(5-11-8)2-3-7(9)12/h2-5H,1H3,(H2,9,12). The van der Waals surface area contributed by atoms with Gasteiger partial charge in [0.25, 0.3) is 0 Å². The number of carbonyl (C=O) groups excluding carboxylic acids is 1. The Balaban J connectivity index is 2.75. The van der Waals surface area contributed by atoms with Crippen molar-refractivity contribution in [2.45, 2.75) is 5.16 Å². The molecule has 0 aliphatic heterocycles. The molecule has 0 aliphatic carbocycles. The first-order chi connectivity index (χ1) is 6.22. The predicted molar refractivity (Wildman–Crippen MR) is 52.0 cm³/mol. The average Bonchev–Trinajstić information content (AvgIpc) is 2.15. The van der Waals surface area contributed by atoms with E-state index in [-0.39, 0.29) is 0 Å². The van der Waals surface area contributed by atoms with Crippen LogP contribution in [0, 0.1) is 0 Å². The van der Waals surface area contributed by atoms with Gasteiger partial charge in [0.2, 0.25) is 5.91 Å². The van der Waals surface area contributed by atoms with Crippen molar-refractivity contribution in [1.29, 1.82) is 0 Å². The number of rotatable bonds is 3. The lowest BCUT2D eigenvalue weighted by molar-refractivity contribution is -0.113. The Morgan fingerprint density at radius 2 is 2.15 bits per heavy atom. The van der Waals surface area contributed by atoms with Crippen LogP contribution in [0.15, 0.2) is 23.6 Å². The third kappa shape index (κ3) is 3.25. The molecule has 4 nitrogen and oxygen atoms in total. The van der Waals surface area contributed by atoms with Gasteiger partial charge in [0, 0.05) is 24.0 Å². The molecule has 0 saturated heterocycles. The van der Waals surface area contributed by atoms with Gasteiger partial charge in [-0.3, -0.25) is 4.79 Å². The van der Waals surface area contributed by atoms with Crippen LogP contribution in [-0.2, 0) is 4.79 Å². The molecule has 0 atom stereocenters. The van der Waals surface area contributed by atoms with Crippen molar-refractivity contribution in [2.24, 2.45) is 5.73 Å². The van der Waals surface area contributed by atoms with E-state index in [1.807, 2.05) is 6.26 Å².